The molecule has 1 aliphatic heterocycles. The summed E-state index contributed by atoms with van der Waals surface area (Å²) in [5, 5.41) is 3.45. The van der Waals surface area contributed by atoms with Crippen molar-refractivity contribution >= 4 is 0 Å². The maximum atomic E-state index is 13.6. The van der Waals surface area contributed by atoms with Crippen molar-refractivity contribution in [2.24, 2.45) is 5.92 Å². The first-order valence-corrected chi connectivity index (χ1v) is 6.69. The highest BCUT2D eigenvalue weighted by molar-refractivity contribution is 5.27. The average Bonchev–Trinajstić information content (AvgIpc) is 2.34. The summed E-state index contributed by atoms with van der Waals surface area (Å²) in [5.74, 6) is 1.14. The van der Waals surface area contributed by atoms with E-state index in [4.69, 9.17) is 0 Å². The van der Waals surface area contributed by atoms with Gasteiger partial charge >= 0.3 is 0 Å². The van der Waals surface area contributed by atoms with E-state index in [0.29, 0.717) is 11.8 Å². The van der Waals surface area contributed by atoms with Crippen LogP contribution in [0.3, 0.4) is 0 Å². The molecule has 1 N–H and O–H groups in total. The number of rotatable bonds is 3. The molecule has 0 aromatic heterocycles. The summed E-state index contributed by atoms with van der Waals surface area (Å²) in [6.07, 6.45) is 3.57. The summed E-state index contributed by atoms with van der Waals surface area (Å²) in [5.41, 5.74) is 1.93. The monoisotopic (exact) mass is 235 g/mol. The number of aryl methyl sites for hydroxylation is 1. The van der Waals surface area contributed by atoms with Gasteiger partial charge in [-0.2, -0.15) is 0 Å². The largest absolute Gasteiger partial charge is 0.316 e. The van der Waals surface area contributed by atoms with Crippen LogP contribution in [-0.4, -0.2) is 13.1 Å². The lowest BCUT2D eigenvalue weighted by Crippen LogP contribution is -2.35. The van der Waals surface area contributed by atoms with E-state index >= 15 is 0 Å². The summed E-state index contributed by atoms with van der Waals surface area (Å²) in [4.78, 5) is 0. The molecular formula is C15H22FN. The predicted octanol–water partition coefficient (Wildman–Crippen LogP) is 3.63. The molecule has 2 unspecified atom stereocenters. The van der Waals surface area contributed by atoms with E-state index in [2.05, 4.69) is 18.3 Å². The van der Waals surface area contributed by atoms with E-state index in [1.165, 1.54) is 18.4 Å². The van der Waals surface area contributed by atoms with Crippen LogP contribution in [-0.2, 0) is 0 Å². The summed E-state index contributed by atoms with van der Waals surface area (Å²) in [6.45, 7) is 6.18. The molecule has 0 aliphatic carbocycles. The minimum Gasteiger partial charge on any atom is -0.316 e. The fourth-order valence-electron chi connectivity index (χ4n) is 2.88. The second-order valence-corrected chi connectivity index (χ2v) is 5.16. The first kappa shape index (κ1) is 12.6. The highest BCUT2D eigenvalue weighted by atomic mass is 19.1. The Morgan fingerprint density at radius 3 is 2.94 bits per heavy atom. The Bertz CT molecular complexity index is 373. The van der Waals surface area contributed by atoms with Crippen LogP contribution in [0.5, 0.6) is 0 Å². The number of hydrogen-bond acceptors (Lipinski definition) is 1. The lowest BCUT2D eigenvalue weighted by Gasteiger charge is -2.32. The van der Waals surface area contributed by atoms with Gasteiger partial charge in [0.15, 0.2) is 0 Å². The van der Waals surface area contributed by atoms with Gasteiger partial charge in [-0.1, -0.05) is 25.5 Å². The van der Waals surface area contributed by atoms with Crippen molar-refractivity contribution < 1.29 is 4.39 Å². The molecule has 2 rings (SSSR count). The topological polar surface area (TPSA) is 12.0 Å². The molecule has 1 fully saturated rings. The van der Waals surface area contributed by atoms with Gasteiger partial charge < -0.3 is 5.32 Å². The second-order valence-electron chi connectivity index (χ2n) is 5.16. The minimum absolute atomic E-state index is 0.0590. The quantitative estimate of drug-likeness (QED) is 0.843. The van der Waals surface area contributed by atoms with Crippen LogP contribution in [0.4, 0.5) is 4.39 Å². The number of piperidine rings is 1. The van der Waals surface area contributed by atoms with E-state index in [-0.39, 0.29) is 5.82 Å². The molecule has 1 aromatic carbocycles. The molecule has 1 aliphatic rings. The molecule has 0 spiro atoms. The van der Waals surface area contributed by atoms with Crippen LogP contribution >= 0.6 is 0 Å². The fourth-order valence-corrected chi connectivity index (χ4v) is 2.88. The van der Waals surface area contributed by atoms with Crippen molar-refractivity contribution in [1.82, 2.24) is 5.32 Å². The first-order valence-electron chi connectivity index (χ1n) is 6.69. The fraction of sp³-hybridized carbons (Fsp3) is 0.600. The zero-order valence-electron chi connectivity index (χ0n) is 10.8. The molecule has 1 nitrogen and oxygen atoms in total. The van der Waals surface area contributed by atoms with Crippen molar-refractivity contribution in [1.29, 1.82) is 0 Å². The zero-order chi connectivity index (χ0) is 12.3. The van der Waals surface area contributed by atoms with Gasteiger partial charge in [0.25, 0.3) is 0 Å². The van der Waals surface area contributed by atoms with E-state index in [0.717, 1.165) is 25.1 Å². The Morgan fingerprint density at radius 2 is 2.24 bits per heavy atom. The molecule has 1 aromatic rings. The smallest absolute Gasteiger partial charge is 0.126 e. The lowest BCUT2D eigenvalue weighted by atomic mass is 9.79. The van der Waals surface area contributed by atoms with E-state index in [1.807, 2.05) is 13.0 Å². The van der Waals surface area contributed by atoms with E-state index in [1.54, 1.807) is 6.07 Å². The van der Waals surface area contributed by atoms with Crippen LogP contribution in [0.25, 0.3) is 0 Å². The van der Waals surface area contributed by atoms with Crippen LogP contribution in [0.2, 0.25) is 0 Å². The Labute approximate surface area is 103 Å². The lowest BCUT2D eigenvalue weighted by molar-refractivity contribution is 0.306. The molecule has 2 atom stereocenters. The van der Waals surface area contributed by atoms with Crippen LogP contribution < -0.4 is 5.32 Å². The van der Waals surface area contributed by atoms with Crippen molar-refractivity contribution in [3.8, 4) is 0 Å². The van der Waals surface area contributed by atoms with Gasteiger partial charge in [-0.15, -0.1) is 0 Å². The van der Waals surface area contributed by atoms with Crippen molar-refractivity contribution in [3.63, 3.8) is 0 Å². The predicted molar refractivity (Wildman–Crippen MR) is 69.8 cm³/mol. The van der Waals surface area contributed by atoms with Gasteiger partial charge in [-0.25, -0.2) is 4.39 Å². The Kier molecular flexibility index (Phi) is 4.16. The number of halogens is 1. The maximum absolute atomic E-state index is 13.6. The SMILES string of the molecule is CCCC1CNCCC1c1ccc(C)c(F)c1. The molecule has 94 valence electrons. The zero-order valence-corrected chi connectivity index (χ0v) is 10.8. The minimum atomic E-state index is -0.0590. The van der Waals surface area contributed by atoms with Gasteiger partial charge in [0.1, 0.15) is 5.82 Å². The maximum Gasteiger partial charge on any atom is 0.126 e. The molecule has 0 amide bonds. The van der Waals surface area contributed by atoms with Crippen LogP contribution in [0.15, 0.2) is 18.2 Å². The van der Waals surface area contributed by atoms with Crippen LogP contribution in [0, 0.1) is 18.7 Å². The molecular weight excluding hydrogens is 213 g/mol. The summed E-state index contributed by atoms with van der Waals surface area (Å²) in [6, 6.07) is 5.76. The number of hydrogen-bond donors (Lipinski definition) is 1. The molecule has 2 heteroatoms. The molecule has 0 radical (unpaired) electrons. The summed E-state index contributed by atoms with van der Waals surface area (Å²) in [7, 11) is 0. The average molecular weight is 235 g/mol. The molecule has 17 heavy (non-hydrogen) atoms. The van der Waals surface area contributed by atoms with Crippen molar-refractivity contribution in [3.05, 3.63) is 35.1 Å². The van der Waals surface area contributed by atoms with Crippen LogP contribution in [0.1, 0.15) is 43.2 Å². The van der Waals surface area contributed by atoms with E-state index < -0.39 is 0 Å². The molecule has 0 saturated carbocycles. The van der Waals surface area contributed by atoms with Gasteiger partial charge in [0.05, 0.1) is 0 Å². The second kappa shape index (κ2) is 5.63. The third-order valence-corrected chi connectivity index (χ3v) is 3.89. The normalized spacial score (nSPS) is 24.9. The summed E-state index contributed by atoms with van der Waals surface area (Å²) < 4.78 is 13.6. The van der Waals surface area contributed by atoms with Gasteiger partial charge in [-0.05, 0) is 61.9 Å². The van der Waals surface area contributed by atoms with Gasteiger partial charge in [0.2, 0.25) is 0 Å². The van der Waals surface area contributed by atoms with E-state index in [9.17, 15) is 4.39 Å². The standard InChI is InChI=1S/C15H22FN/c1-3-4-13-10-17-8-7-14(13)12-6-5-11(2)15(16)9-12/h5-6,9,13-14,17H,3-4,7-8,10H2,1-2H3. The Morgan fingerprint density at radius 1 is 1.41 bits per heavy atom. The third kappa shape index (κ3) is 2.86. The highest BCUT2D eigenvalue weighted by Gasteiger charge is 2.25. The number of nitrogens with one attached hydrogen (secondary N) is 1. The summed E-state index contributed by atoms with van der Waals surface area (Å²) >= 11 is 0. The number of benzene rings is 1. The highest BCUT2D eigenvalue weighted by Crippen LogP contribution is 2.33. The van der Waals surface area contributed by atoms with Gasteiger partial charge in [-0.3, -0.25) is 0 Å². The van der Waals surface area contributed by atoms with Crippen molar-refractivity contribution in [2.75, 3.05) is 13.1 Å². The molecule has 0 bridgehead atoms. The Balaban J connectivity index is 2.20. The molecule has 1 heterocycles. The first-order chi connectivity index (χ1) is 8.22. The molecule has 1 saturated heterocycles. The van der Waals surface area contributed by atoms with Crippen molar-refractivity contribution in [2.45, 2.75) is 39.0 Å². The Hall–Kier alpha value is -0.890. The third-order valence-electron chi connectivity index (χ3n) is 3.89. The van der Waals surface area contributed by atoms with Gasteiger partial charge in [0, 0.05) is 0 Å².